The molecule has 1 aromatic carbocycles. The molecule has 8 nitrogen and oxygen atoms in total. The molecule has 8 heteroatoms. The Balaban J connectivity index is 1.68. The Bertz CT molecular complexity index is 895. The number of nitrogens with zero attached hydrogens (tertiary/aromatic N) is 5. The number of nitrogens with one attached hydrogen (secondary N) is 1. The lowest BCUT2D eigenvalue weighted by Gasteiger charge is -2.09. The van der Waals surface area contributed by atoms with Gasteiger partial charge in [-0.25, -0.2) is 9.67 Å². The SMILES string of the molecule is Cc1nn(C)c(NCCCn2c(C)nc3ccccc32)c1[N+](=O)[O-]. The van der Waals surface area contributed by atoms with Crippen LogP contribution in [0.25, 0.3) is 11.0 Å². The molecule has 0 spiro atoms. The van der Waals surface area contributed by atoms with Gasteiger partial charge in [-0.15, -0.1) is 0 Å². The summed E-state index contributed by atoms with van der Waals surface area (Å²) in [4.78, 5) is 15.3. The van der Waals surface area contributed by atoms with Crippen molar-refractivity contribution in [2.24, 2.45) is 7.05 Å². The van der Waals surface area contributed by atoms with Crippen molar-refractivity contribution in [2.75, 3.05) is 11.9 Å². The first-order valence-electron chi connectivity index (χ1n) is 7.82. The number of aryl methyl sites for hydroxylation is 4. The summed E-state index contributed by atoms with van der Waals surface area (Å²) >= 11 is 0. The molecule has 0 bridgehead atoms. The van der Waals surface area contributed by atoms with Crippen molar-refractivity contribution < 1.29 is 4.92 Å². The number of hydrogen-bond acceptors (Lipinski definition) is 5. The van der Waals surface area contributed by atoms with E-state index >= 15 is 0 Å². The molecule has 2 aromatic heterocycles. The van der Waals surface area contributed by atoms with Gasteiger partial charge in [0.2, 0.25) is 5.82 Å². The van der Waals surface area contributed by atoms with Gasteiger partial charge in [0.25, 0.3) is 0 Å². The Kier molecular flexibility index (Phi) is 4.20. The Morgan fingerprint density at radius 2 is 2.04 bits per heavy atom. The highest BCUT2D eigenvalue weighted by molar-refractivity contribution is 5.75. The molecule has 0 aliphatic rings. The minimum atomic E-state index is -0.391. The van der Waals surface area contributed by atoms with Crippen LogP contribution in [0.2, 0.25) is 0 Å². The van der Waals surface area contributed by atoms with Crippen LogP contribution in [0.5, 0.6) is 0 Å². The summed E-state index contributed by atoms with van der Waals surface area (Å²) < 4.78 is 3.69. The number of para-hydroxylation sites is 2. The molecule has 0 amide bonds. The lowest BCUT2D eigenvalue weighted by Crippen LogP contribution is -2.11. The van der Waals surface area contributed by atoms with Crippen molar-refractivity contribution in [2.45, 2.75) is 26.8 Å². The zero-order chi connectivity index (χ0) is 17.3. The maximum absolute atomic E-state index is 11.2. The van der Waals surface area contributed by atoms with Gasteiger partial charge >= 0.3 is 5.69 Å². The summed E-state index contributed by atoms with van der Waals surface area (Å²) in [5.41, 5.74) is 2.56. The van der Waals surface area contributed by atoms with Crippen LogP contribution in [-0.4, -0.2) is 30.8 Å². The molecule has 0 saturated heterocycles. The normalized spacial score (nSPS) is 11.1. The number of aromatic nitrogens is 4. The van der Waals surface area contributed by atoms with Crippen LogP contribution in [0.3, 0.4) is 0 Å². The van der Waals surface area contributed by atoms with E-state index in [4.69, 9.17) is 0 Å². The van der Waals surface area contributed by atoms with Crippen LogP contribution >= 0.6 is 0 Å². The van der Waals surface area contributed by atoms with Gasteiger partial charge in [0.1, 0.15) is 11.5 Å². The van der Waals surface area contributed by atoms with Crippen molar-refractivity contribution in [1.29, 1.82) is 0 Å². The zero-order valence-electron chi connectivity index (χ0n) is 14.0. The van der Waals surface area contributed by atoms with Crippen molar-refractivity contribution in [3.63, 3.8) is 0 Å². The van der Waals surface area contributed by atoms with E-state index in [2.05, 4.69) is 26.0 Å². The lowest BCUT2D eigenvalue weighted by atomic mass is 10.3. The van der Waals surface area contributed by atoms with Crippen LogP contribution in [0.1, 0.15) is 17.9 Å². The van der Waals surface area contributed by atoms with Gasteiger partial charge in [-0.3, -0.25) is 10.1 Å². The molecular formula is C16H20N6O2. The number of rotatable bonds is 6. The molecular weight excluding hydrogens is 308 g/mol. The van der Waals surface area contributed by atoms with E-state index in [0.29, 0.717) is 18.1 Å². The number of anilines is 1. The number of nitro groups is 1. The van der Waals surface area contributed by atoms with E-state index < -0.39 is 4.92 Å². The number of fused-ring (bicyclic) bond motifs is 1. The fraction of sp³-hybridized carbons (Fsp3) is 0.375. The highest BCUT2D eigenvalue weighted by Gasteiger charge is 2.23. The van der Waals surface area contributed by atoms with Gasteiger partial charge in [-0.05, 0) is 32.4 Å². The molecule has 3 rings (SSSR count). The molecule has 0 atom stereocenters. The predicted molar refractivity (Wildman–Crippen MR) is 92.2 cm³/mol. The summed E-state index contributed by atoms with van der Waals surface area (Å²) in [5, 5.41) is 18.4. The predicted octanol–water partition coefficient (Wildman–Crippen LogP) is 2.80. The fourth-order valence-electron chi connectivity index (χ4n) is 2.99. The lowest BCUT2D eigenvalue weighted by molar-refractivity contribution is -0.384. The average Bonchev–Trinajstić information content (AvgIpc) is 2.99. The van der Waals surface area contributed by atoms with Gasteiger partial charge in [0.15, 0.2) is 0 Å². The third-order valence-corrected chi connectivity index (χ3v) is 4.07. The van der Waals surface area contributed by atoms with Crippen LogP contribution < -0.4 is 5.32 Å². The summed E-state index contributed by atoms with van der Waals surface area (Å²) in [7, 11) is 1.70. The average molecular weight is 328 g/mol. The Labute approximate surface area is 139 Å². The van der Waals surface area contributed by atoms with Gasteiger partial charge in [0, 0.05) is 20.1 Å². The molecule has 0 unspecified atom stereocenters. The summed E-state index contributed by atoms with van der Waals surface area (Å²) in [5.74, 6) is 1.42. The maximum atomic E-state index is 11.2. The first-order valence-corrected chi connectivity index (χ1v) is 7.82. The topological polar surface area (TPSA) is 90.8 Å². The minimum Gasteiger partial charge on any atom is -0.364 e. The highest BCUT2D eigenvalue weighted by atomic mass is 16.6. The van der Waals surface area contributed by atoms with Crippen molar-refractivity contribution >= 4 is 22.5 Å². The molecule has 0 aliphatic heterocycles. The van der Waals surface area contributed by atoms with E-state index in [1.165, 1.54) is 4.68 Å². The van der Waals surface area contributed by atoms with Crippen molar-refractivity contribution in [1.82, 2.24) is 19.3 Å². The quantitative estimate of drug-likeness (QED) is 0.427. The number of hydrogen-bond donors (Lipinski definition) is 1. The van der Waals surface area contributed by atoms with Crippen molar-refractivity contribution in [3.05, 3.63) is 45.9 Å². The molecule has 0 aliphatic carbocycles. The summed E-state index contributed by atoms with van der Waals surface area (Å²) in [6, 6.07) is 8.03. The van der Waals surface area contributed by atoms with Crippen LogP contribution in [0, 0.1) is 24.0 Å². The van der Waals surface area contributed by atoms with Gasteiger partial charge in [-0.2, -0.15) is 5.10 Å². The Hall–Kier alpha value is -2.90. The van der Waals surface area contributed by atoms with Gasteiger partial charge in [0.05, 0.1) is 16.0 Å². The Morgan fingerprint density at radius 3 is 2.79 bits per heavy atom. The molecule has 0 saturated carbocycles. The van der Waals surface area contributed by atoms with Gasteiger partial charge < -0.3 is 9.88 Å². The molecule has 0 radical (unpaired) electrons. The molecule has 24 heavy (non-hydrogen) atoms. The zero-order valence-corrected chi connectivity index (χ0v) is 14.0. The third kappa shape index (κ3) is 2.82. The maximum Gasteiger partial charge on any atom is 0.333 e. The standard InChI is InChI=1S/C16H20N6O2/c1-11-15(22(23)24)16(20(3)19-11)17-9-6-10-21-12(2)18-13-7-4-5-8-14(13)21/h4-5,7-8,17H,6,9-10H2,1-3H3. The molecule has 0 fully saturated rings. The second-order valence-corrected chi connectivity index (χ2v) is 5.74. The minimum absolute atomic E-state index is 0.0433. The Morgan fingerprint density at radius 1 is 1.29 bits per heavy atom. The largest absolute Gasteiger partial charge is 0.364 e. The monoisotopic (exact) mass is 328 g/mol. The number of imidazole rings is 1. The fourth-order valence-corrected chi connectivity index (χ4v) is 2.99. The van der Waals surface area contributed by atoms with E-state index in [1.807, 2.05) is 25.1 Å². The first kappa shape index (κ1) is 16.0. The first-order chi connectivity index (χ1) is 11.5. The second-order valence-electron chi connectivity index (χ2n) is 5.74. The van der Waals surface area contributed by atoms with Gasteiger partial charge in [-0.1, -0.05) is 12.1 Å². The van der Waals surface area contributed by atoms with E-state index in [9.17, 15) is 10.1 Å². The van der Waals surface area contributed by atoms with Crippen LogP contribution in [-0.2, 0) is 13.6 Å². The number of benzene rings is 1. The van der Waals surface area contributed by atoms with Crippen LogP contribution in [0.4, 0.5) is 11.5 Å². The van der Waals surface area contributed by atoms with E-state index in [-0.39, 0.29) is 5.69 Å². The molecule has 126 valence electrons. The second kappa shape index (κ2) is 6.31. The molecule has 2 heterocycles. The van der Waals surface area contributed by atoms with Crippen molar-refractivity contribution in [3.8, 4) is 0 Å². The summed E-state index contributed by atoms with van der Waals surface area (Å²) in [6.45, 7) is 5.04. The third-order valence-electron chi connectivity index (χ3n) is 4.07. The smallest absolute Gasteiger partial charge is 0.333 e. The summed E-state index contributed by atoms with van der Waals surface area (Å²) in [6.07, 6.45) is 0.822. The molecule has 1 N–H and O–H groups in total. The highest BCUT2D eigenvalue weighted by Crippen LogP contribution is 2.27. The van der Waals surface area contributed by atoms with Crippen LogP contribution in [0.15, 0.2) is 24.3 Å². The molecule has 3 aromatic rings. The van der Waals surface area contributed by atoms with E-state index in [1.54, 1.807) is 14.0 Å². The van der Waals surface area contributed by atoms with E-state index in [0.717, 1.165) is 29.8 Å².